The van der Waals surface area contributed by atoms with Crippen LogP contribution in [0.25, 0.3) is 0 Å². The molecule has 0 aromatic carbocycles. The van der Waals surface area contributed by atoms with Gasteiger partial charge in [0.1, 0.15) is 0 Å². The summed E-state index contributed by atoms with van der Waals surface area (Å²) >= 11 is 0. The van der Waals surface area contributed by atoms with Gasteiger partial charge in [-0.3, -0.25) is 0 Å². The lowest BCUT2D eigenvalue weighted by atomic mass is 9.79. The average molecular weight is 316 g/mol. The number of rotatable bonds is 8. The fraction of sp³-hybridized carbons (Fsp3) is 0.769. The van der Waals surface area contributed by atoms with Gasteiger partial charge >= 0.3 is 7.05 Å². The van der Waals surface area contributed by atoms with Gasteiger partial charge in [0.15, 0.2) is 0 Å². The van der Waals surface area contributed by atoms with Crippen LogP contribution in [0.4, 0.5) is 0 Å². The molecule has 1 rings (SSSR count). The Morgan fingerprint density at radius 2 is 2.00 bits per heavy atom. The van der Waals surface area contributed by atoms with E-state index in [-0.39, 0.29) is 18.3 Å². The molecule has 0 unspecified atom stereocenters. The Balaban J connectivity index is 2.51. The molecule has 0 radical (unpaired) electrons. The van der Waals surface area contributed by atoms with E-state index in [4.69, 9.17) is 4.74 Å². The van der Waals surface area contributed by atoms with Crippen molar-refractivity contribution in [3.8, 4) is 0 Å². The van der Waals surface area contributed by atoms with E-state index in [1.807, 2.05) is 13.8 Å². The van der Waals surface area contributed by atoms with E-state index in [1.54, 1.807) is 0 Å². The number of allylic oxidation sites excluding steroid dienone is 1. The molecule has 0 spiro atoms. The summed E-state index contributed by atoms with van der Waals surface area (Å²) in [5.74, 6) is 2.03. The van der Waals surface area contributed by atoms with E-state index in [0.717, 1.165) is 16.3 Å². The Kier molecular flexibility index (Phi) is 6.89. The topological polar surface area (TPSA) is 79.2 Å². The van der Waals surface area contributed by atoms with Crippen LogP contribution in [-0.4, -0.2) is 50.0 Å². The van der Waals surface area contributed by atoms with E-state index in [1.165, 1.54) is 12.2 Å². The highest BCUT2D eigenvalue weighted by Gasteiger charge is 2.32. The summed E-state index contributed by atoms with van der Waals surface area (Å²) in [7, 11) is -4.91. The number of hydrogen-bond acceptors (Lipinski definition) is 5. The molecule has 0 amide bonds. The first-order chi connectivity index (χ1) is 9.74. The summed E-state index contributed by atoms with van der Waals surface area (Å²) in [6.07, 6.45) is 2.37. The van der Waals surface area contributed by atoms with Gasteiger partial charge in [-0.25, -0.2) is 12.7 Å². The molecule has 0 aromatic heterocycles. The third-order valence-corrected chi connectivity index (χ3v) is 4.73. The number of hydrazone groups is 1. The van der Waals surface area contributed by atoms with E-state index in [2.05, 4.69) is 18.9 Å². The highest BCUT2D eigenvalue weighted by Crippen LogP contribution is 2.16. The molecule has 0 aliphatic carbocycles. The molecule has 0 saturated heterocycles. The summed E-state index contributed by atoms with van der Waals surface area (Å²) in [5, 5.41) is 13.8. The summed E-state index contributed by atoms with van der Waals surface area (Å²) in [6, 6.07) is 0. The van der Waals surface area contributed by atoms with Gasteiger partial charge in [-0.1, -0.05) is 33.7 Å². The van der Waals surface area contributed by atoms with Gasteiger partial charge in [0, 0.05) is 12.8 Å². The molecule has 1 N–H and O–H groups in total. The second-order valence-electron chi connectivity index (χ2n) is 5.86. The highest BCUT2D eigenvalue weighted by molar-refractivity contribution is 7.90. The van der Waals surface area contributed by atoms with Crippen LogP contribution in [-0.2, 0) is 14.8 Å². The standard InChI is InChI=1S/C13H25BN2O4S/c1-11(2)5-6-20-7-8-21(18,19)16-14(17)9-13(10-15-16)12(3)4/h9-12,17H,5-8H2,1-4H3. The van der Waals surface area contributed by atoms with Crippen molar-refractivity contribution in [2.75, 3.05) is 19.0 Å². The first-order valence-corrected chi connectivity index (χ1v) is 8.88. The van der Waals surface area contributed by atoms with Crippen molar-refractivity contribution < 1.29 is 18.2 Å². The molecule has 6 nitrogen and oxygen atoms in total. The van der Waals surface area contributed by atoms with Crippen LogP contribution in [0.1, 0.15) is 34.1 Å². The zero-order chi connectivity index (χ0) is 16.0. The second-order valence-corrected chi connectivity index (χ2v) is 7.81. The lowest BCUT2D eigenvalue weighted by Crippen LogP contribution is -2.43. The molecule has 0 bridgehead atoms. The Bertz CT molecular complexity index is 488. The lowest BCUT2D eigenvalue weighted by Gasteiger charge is -2.24. The summed E-state index contributed by atoms with van der Waals surface area (Å²) < 4.78 is 30.3. The summed E-state index contributed by atoms with van der Waals surface area (Å²) in [6.45, 7) is 8.72. The maximum Gasteiger partial charge on any atom is 0.476 e. The number of nitrogens with zero attached hydrogens (tertiary/aromatic N) is 2. The molecule has 0 atom stereocenters. The van der Waals surface area contributed by atoms with E-state index >= 15 is 0 Å². The van der Waals surface area contributed by atoms with Crippen molar-refractivity contribution in [3.05, 3.63) is 11.5 Å². The van der Waals surface area contributed by atoms with Crippen molar-refractivity contribution in [2.45, 2.75) is 34.1 Å². The predicted molar refractivity (Wildman–Crippen MR) is 85.3 cm³/mol. The fourth-order valence-corrected chi connectivity index (χ4v) is 2.82. The van der Waals surface area contributed by atoms with Gasteiger partial charge in [-0.15, -0.1) is 0 Å². The smallest absolute Gasteiger partial charge is 0.427 e. The Morgan fingerprint density at radius 1 is 1.33 bits per heavy atom. The maximum atomic E-state index is 12.1. The fourth-order valence-electron chi connectivity index (χ4n) is 1.73. The van der Waals surface area contributed by atoms with Crippen molar-refractivity contribution >= 4 is 23.3 Å². The molecule has 0 saturated carbocycles. The van der Waals surface area contributed by atoms with Gasteiger partial charge in [-0.2, -0.15) is 5.10 Å². The normalized spacial score (nSPS) is 16.0. The first-order valence-electron chi connectivity index (χ1n) is 7.27. The lowest BCUT2D eigenvalue weighted by molar-refractivity contribution is 0.137. The van der Waals surface area contributed by atoms with Crippen LogP contribution in [0, 0.1) is 11.8 Å². The minimum atomic E-state index is -3.67. The molecule has 8 heteroatoms. The van der Waals surface area contributed by atoms with Gasteiger partial charge in [0.25, 0.3) is 0 Å². The maximum absolute atomic E-state index is 12.1. The quantitative estimate of drug-likeness (QED) is 0.540. The monoisotopic (exact) mass is 316 g/mol. The van der Waals surface area contributed by atoms with Gasteiger partial charge in [0.2, 0.25) is 10.0 Å². The van der Waals surface area contributed by atoms with Crippen LogP contribution in [0.3, 0.4) is 0 Å². The number of ether oxygens (including phenoxy) is 1. The van der Waals surface area contributed by atoms with Crippen LogP contribution in [0.15, 0.2) is 16.6 Å². The van der Waals surface area contributed by atoms with Crippen molar-refractivity contribution in [1.82, 2.24) is 4.33 Å². The van der Waals surface area contributed by atoms with Crippen LogP contribution >= 0.6 is 0 Å². The van der Waals surface area contributed by atoms with Crippen LogP contribution < -0.4 is 0 Å². The zero-order valence-electron chi connectivity index (χ0n) is 13.2. The minimum absolute atomic E-state index is 0.106. The SMILES string of the molecule is CC(C)CCOCCS(=O)(=O)N1N=CC(C(C)C)=CB1O. The van der Waals surface area contributed by atoms with Gasteiger partial charge in [-0.05, 0) is 23.8 Å². The molecule has 0 aromatic rings. The highest BCUT2D eigenvalue weighted by atomic mass is 32.2. The molecule has 1 aliphatic rings. The molecule has 0 fully saturated rings. The summed E-state index contributed by atoms with van der Waals surface area (Å²) in [5.41, 5.74) is 0.821. The van der Waals surface area contributed by atoms with Gasteiger partial charge in [0.05, 0.1) is 12.4 Å². The largest absolute Gasteiger partial charge is 0.476 e. The second kappa shape index (κ2) is 7.96. The third-order valence-electron chi connectivity index (χ3n) is 3.17. The van der Waals surface area contributed by atoms with E-state index in [0.29, 0.717) is 12.5 Å². The van der Waals surface area contributed by atoms with Gasteiger partial charge < -0.3 is 9.76 Å². The van der Waals surface area contributed by atoms with Crippen molar-refractivity contribution in [1.29, 1.82) is 0 Å². The molecule has 120 valence electrons. The minimum Gasteiger partial charge on any atom is -0.427 e. The molecule has 1 aliphatic heterocycles. The predicted octanol–water partition coefficient (Wildman–Crippen LogP) is 1.28. The Morgan fingerprint density at radius 3 is 2.52 bits per heavy atom. The van der Waals surface area contributed by atoms with E-state index in [9.17, 15) is 13.4 Å². The van der Waals surface area contributed by atoms with Crippen LogP contribution in [0.2, 0.25) is 0 Å². The average Bonchev–Trinajstić information content (AvgIpc) is 2.37. The van der Waals surface area contributed by atoms with E-state index < -0.39 is 17.1 Å². The Hall–Kier alpha value is -0.855. The Labute approximate surface area is 128 Å². The molecule has 21 heavy (non-hydrogen) atoms. The number of sulfonamides is 1. The molecular weight excluding hydrogens is 291 g/mol. The molecule has 1 heterocycles. The zero-order valence-corrected chi connectivity index (χ0v) is 14.0. The van der Waals surface area contributed by atoms with Crippen LogP contribution in [0.5, 0.6) is 0 Å². The number of hydrogen-bond donors (Lipinski definition) is 1. The first kappa shape index (κ1) is 18.2. The summed E-state index contributed by atoms with van der Waals surface area (Å²) in [4.78, 5) is 0. The van der Waals surface area contributed by atoms with Crippen molar-refractivity contribution in [3.63, 3.8) is 0 Å². The molecular formula is C13H25BN2O4S. The third kappa shape index (κ3) is 5.80. The van der Waals surface area contributed by atoms with Crippen molar-refractivity contribution in [2.24, 2.45) is 16.9 Å².